The summed E-state index contributed by atoms with van der Waals surface area (Å²) < 4.78 is 12.4. The van der Waals surface area contributed by atoms with E-state index in [4.69, 9.17) is 9.47 Å². The molecular formula is C17H28BrNO2. The van der Waals surface area contributed by atoms with Crippen molar-refractivity contribution in [3.8, 4) is 5.75 Å². The summed E-state index contributed by atoms with van der Waals surface area (Å²) in [7, 11) is 1.73. The molecule has 3 nitrogen and oxygen atoms in total. The van der Waals surface area contributed by atoms with Gasteiger partial charge < -0.3 is 14.8 Å². The fraction of sp³-hybridized carbons (Fsp3) is 0.647. The van der Waals surface area contributed by atoms with Crippen LogP contribution in [-0.4, -0.2) is 24.9 Å². The lowest BCUT2D eigenvalue weighted by Gasteiger charge is -2.24. The van der Waals surface area contributed by atoms with Crippen LogP contribution in [0.25, 0.3) is 0 Å². The second-order valence-corrected chi connectivity index (χ2v) is 7.83. The predicted octanol–water partition coefficient (Wildman–Crippen LogP) is 4.53. The van der Waals surface area contributed by atoms with E-state index in [1.807, 2.05) is 12.1 Å². The topological polar surface area (TPSA) is 30.5 Å². The molecule has 0 heterocycles. The van der Waals surface area contributed by atoms with Gasteiger partial charge in [0.15, 0.2) is 0 Å². The number of methoxy groups -OCH3 is 1. The van der Waals surface area contributed by atoms with Crippen molar-refractivity contribution in [3.05, 3.63) is 28.2 Å². The summed E-state index contributed by atoms with van der Waals surface area (Å²) in [5, 5.41) is 3.50. The normalized spacial score (nSPS) is 12.5. The van der Waals surface area contributed by atoms with Crippen LogP contribution in [0.1, 0.15) is 46.6 Å². The quantitative estimate of drug-likeness (QED) is 0.777. The standard InChI is InChI=1S/C17H28BrNO2/c1-16(2,3)19-12-13-11-14(18)7-8-15(13)21-10-9-17(4,5)20-6/h7-8,11,19H,9-10,12H2,1-6H3. The van der Waals surface area contributed by atoms with Gasteiger partial charge in [-0.25, -0.2) is 0 Å². The zero-order chi connectivity index (χ0) is 16.1. The average Bonchev–Trinajstić information content (AvgIpc) is 2.37. The molecule has 1 aromatic rings. The predicted molar refractivity (Wildman–Crippen MR) is 91.9 cm³/mol. The Balaban J connectivity index is 2.68. The highest BCUT2D eigenvalue weighted by Crippen LogP contribution is 2.25. The highest BCUT2D eigenvalue weighted by molar-refractivity contribution is 9.10. The maximum atomic E-state index is 5.95. The van der Waals surface area contributed by atoms with Gasteiger partial charge in [0.1, 0.15) is 5.75 Å². The maximum absolute atomic E-state index is 5.95. The van der Waals surface area contributed by atoms with Gasteiger partial charge in [0.2, 0.25) is 0 Å². The summed E-state index contributed by atoms with van der Waals surface area (Å²) in [6, 6.07) is 6.14. The highest BCUT2D eigenvalue weighted by atomic mass is 79.9. The molecule has 0 amide bonds. The second-order valence-electron chi connectivity index (χ2n) is 6.92. The molecular weight excluding hydrogens is 330 g/mol. The summed E-state index contributed by atoms with van der Waals surface area (Å²) in [5.74, 6) is 0.932. The van der Waals surface area contributed by atoms with E-state index in [0.29, 0.717) is 6.61 Å². The van der Waals surface area contributed by atoms with Crippen molar-refractivity contribution in [3.63, 3.8) is 0 Å². The van der Waals surface area contributed by atoms with E-state index in [-0.39, 0.29) is 11.1 Å². The Morgan fingerprint density at radius 3 is 2.38 bits per heavy atom. The van der Waals surface area contributed by atoms with E-state index >= 15 is 0 Å². The van der Waals surface area contributed by atoms with Crippen molar-refractivity contribution in [1.82, 2.24) is 5.32 Å². The van der Waals surface area contributed by atoms with E-state index in [2.05, 4.69) is 61.9 Å². The summed E-state index contributed by atoms with van der Waals surface area (Å²) in [4.78, 5) is 0. The Labute approximate surface area is 137 Å². The number of hydrogen-bond acceptors (Lipinski definition) is 3. The van der Waals surface area contributed by atoms with Gasteiger partial charge >= 0.3 is 0 Å². The van der Waals surface area contributed by atoms with Gasteiger partial charge in [-0.2, -0.15) is 0 Å². The first-order chi connectivity index (χ1) is 9.63. The van der Waals surface area contributed by atoms with Crippen molar-refractivity contribution < 1.29 is 9.47 Å². The van der Waals surface area contributed by atoms with Gasteiger partial charge in [0.25, 0.3) is 0 Å². The molecule has 0 atom stereocenters. The first kappa shape index (κ1) is 18.5. The molecule has 0 unspecified atom stereocenters. The largest absolute Gasteiger partial charge is 0.493 e. The van der Waals surface area contributed by atoms with Crippen molar-refractivity contribution in [2.24, 2.45) is 0 Å². The number of rotatable bonds is 7. The number of ether oxygens (including phenoxy) is 2. The van der Waals surface area contributed by atoms with Crippen LogP contribution in [0.2, 0.25) is 0 Å². The van der Waals surface area contributed by atoms with Crippen molar-refractivity contribution in [1.29, 1.82) is 0 Å². The van der Waals surface area contributed by atoms with Gasteiger partial charge in [-0.3, -0.25) is 0 Å². The molecule has 1 aromatic carbocycles. The van der Waals surface area contributed by atoms with Crippen LogP contribution in [0.3, 0.4) is 0 Å². The van der Waals surface area contributed by atoms with E-state index in [9.17, 15) is 0 Å². The maximum Gasteiger partial charge on any atom is 0.123 e. The van der Waals surface area contributed by atoms with Gasteiger partial charge in [-0.05, 0) is 52.8 Å². The van der Waals surface area contributed by atoms with Crippen molar-refractivity contribution in [2.45, 2.75) is 58.7 Å². The van der Waals surface area contributed by atoms with Crippen molar-refractivity contribution >= 4 is 15.9 Å². The number of nitrogens with one attached hydrogen (secondary N) is 1. The molecule has 0 aliphatic rings. The van der Waals surface area contributed by atoms with Gasteiger partial charge in [0, 0.05) is 35.7 Å². The third kappa shape index (κ3) is 7.30. The molecule has 0 saturated heterocycles. The number of hydrogen-bond donors (Lipinski definition) is 1. The van der Waals surface area contributed by atoms with E-state index < -0.39 is 0 Å². The molecule has 4 heteroatoms. The second kappa shape index (κ2) is 7.61. The average molecular weight is 358 g/mol. The SMILES string of the molecule is COC(C)(C)CCOc1ccc(Br)cc1CNC(C)(C)C. The van der Waals surface area contributed by atoms with Crippen LogP contribution < -0.4 is 10.1 Å². The molecule has 0 aromatic heterocycles. The lowest BCUT2D eigenvalue weighted by Crippen LogP contribution is -2.35. The molecule has 21 heavy (non-hydrogen) atoms. The third-order valence-electron chi connectivity index (χ3n) is 3.35. The van der Waals surface area contributed by atoms with E-state index in [0.717, 1.165) is 28.8 Å². The van der Waals surface area contributed by atoms with Crippen molar-refractivity contribution in [2.75, 3.05) is 13.7 Å². The van der Waals surface area contributed by atoms with Crippen LogP contribution in [0.5, 0.6) is 5.75 Å². The fourth-order valence-corrected chi connectivity index (χ4v) is 2.10. The Morgan fingerprint density at radius 1 is 1.14 bits per heavy atom. The molecule has 1 N–H and O–H groups in total. The number of benzene rings is 1. The third-order valence-corrected chi connectivity index (χ3v) is 3.84. The minimum atomic E-state index is -0.154. The molecule has 0 spiro atoms. The molecule has 120 valence electrons. The molecule has 0 radical (unpaired) electrons. The smallest absolute Gasteiger partial charge is 0.123 e. The van der Waals surface area contributed by atoms with Gasteiger partial charge in [-0.15, -0.1) is 0 Å². The van der Waals surface area contributed by atoms with Crippen LogP contribution in [0.15, 0.2) is 22.7 Å². The highest BCUT2D eigenvalue weighted by Gasteiger charge is 2.17. The zero-order valence-corrected chi connectivity index (χ0v) is 15.6. The summed E-state index contributed by atoms with van der Waals surface area (Å²) in [6.07, 6.45) is 0.853. The number of halogens is 1. The Hall–Kier alpha value is -0.580. The van der Waals surface area contributed by atoms with E-state index in [1.54, 1.807) is 7.11 Å². The molecule has 0 aliphatic heterocycles. The van der Waals surface area contributed by atoms with Crippen LogP contribution in [-0.2, 0) is 11.3 Å². The summed E-state index contributed by atoms with van der Waals surface area (Å²) in [5.41, 5.74) is 1.09. The molecule has 0 fully saturated rings. The molecule has 1 rings (SSSR count). The summed E-state index contributed by atoms with van der Waals surface area (Å²) >= 11 is 3.52. The first-order valence-electron chi connectivity index (χ1n) is 7.34. The van der Waals surface area contributed by atoms with Crippen LogP contribution in [0.4, 0.5) is 0 Å². The molecule has 0 bridgehead atoms. The lowest BCUT2D eigenvalue weighted by molar-refractivity contribution is 0.00537. The zero-order valence-electron chi connectivity index (χ0n) is 14.0. The minimum absolute atomic E-state index is 0.0810. The van der Waals surface area contributed by atoms with Crippen LogP contribution in [0, 0.1) is 0 Å². The van der Waals surface area contributed by atoms with Crippen LogP contribution >= 0.6 is 15.9 Å². The lowest BCUT2D eigenvalue weighted by atomic mass is 10.1. The Morgan fingerprint density at radius 2 is 1.81 bits per heavy atom. The molecule has 0 saturated carbocycles. The Kier molecular flexibility index (Phi) is 6.70. The van der Waals surface area contributed by atoms with Gasteiger partial charge in [-0.1, -0.05) is 15.9 Å². The summed E-state index contributed by atoms with van der Waals surface area (Å²) in [6.45, 7) is 12.0. The Bertz CT molecular complexity index is 453. The molecule has 0 aliphatic carbocycles. The monoisotopic (exact) mass is 357 g/mol. The van der Waals surface area contributed by atoms with E-state index in [1.165, 1.54) is 0 Å². The fourth-order valence-electron chi connectivity index (χ4n) is 1.70. The minimum Gasteiger partial charge on any atom is -0.493 e. The van der Waals surface area contributed by atoms with Gasteiger partial charge in [0.05, 0.1) is 12.2 Å². The first-order valence-corrected chi connectivity index (χ1v) is 8.14.